The molecule has 3 heterocycles. The Morgan fingerprint density at radius 3 is 2.79 bits per heavy atom. The molecule has 3 aromatic heterocycles. The van der Waals surface area contributed by atoms with Crippen molar-refractivity contribution in [1.82, 2.24) is 19.5 Å². The Kier molecular flexibility index (Phi) is 5.55. The molecule has 0 aliphatic heterocycles. The molecule has 6 nitrogen and oxygen atoms in total. The van der Waals surface area contributed by atoms with Gasteiger partial charge in [-0.05, 0) is 67.9 Å². The number of anilines is 2. The van der Waals surface area contributed by atoms with Crippen LogP contribution in [0.2, 0.25) is 0 Å². The van der Waals surface area contributed by atoms with Gasteiger partial charge in [-0.3, -0.25) is 0 Å². The van der Waals surface area contributed by atoms with Gasteiger partial charge < -0.3 is 15.6 Å². The van der Waals surface area contributed by atoms with Crippen molar-refractivity contribution < 1.29 is 13.2 Å². The lowest BCUT2D eigenvalue weighted by molar-refractivity contribution is -0.115. The molecule has 1 aliphatic rings. The molecule has 0 unspecified atom stereocenters. The van der Waals surface area contributed by atoms with E-state index in [1.54, 1.807) is 12.1 Å². The summed E-state index contributed by atoms with van der Waals surface area (Å²) >= 11 is 0. The van der Waals surface area contributed by atoms with Gasteiger partial charge in [-0.15, -0.1) is 0 Å². The first-order valence-corrected chi connectivity index (χ1v) is 11.1. The molecule has 0 bridgehead atoms. The van der Waals surface area contributed by atoms with Crippen LogP contribution < -0.4 is 11.1 Å². The Balaban J connectivity index is 1.23. The normalized spacial score (nSPS) is 18.9. The van der Waals surface area contributed by atoms with E-state index in [1.165, 1.54) is 6.33 Å². The molecule has 5 rings (SSSR count). The second-order valence-electron chi connectivity index (χ2n) is 8.78. The third-order valence-corrected chi connectivity index (χ3v) is 6.51. The largest absolute Gasteiger partial charge is 0.405 e. The maximum absolute atomic E-state index is 12.5. The lowest BCUT2D eigenvalue weighted by atomic mass is 9.97. The van der Waals surface area contributed by atoms with Crippen molar-refractivity contribution in [1.29, 1.82) is 0 Å². The molecule has 172 valence electrons. The zero-order chi connectivity index (χ0) is 23.0. The zero-order valence-corrected chi connectivity index (χ0v) is 18.0. The van der Waals surface area contributed by atoms with E-state index in [9.17, 15) is 13.2 Å². The molecule has 2 atom stereocenters. The molecule has 0 radical (unpaired) electrons. The van der Waals surface area contributed by atoms with Gasteiger partial charge in [-0.2, -0.15) is 13.2 Å². The van der Waals surface area contributed by atoms with Gasteiger partial charge in [-0.1, -0.05) is 12.1 Å². The summed E-state index contributed by atoms with van der Waals surface area (Å²) in [6.45, 7) is -1.09. The second-order valence-corrected chi connectivity index (χ2v) is 8.78. The Morgan fingerprint density at radius 2 is 1.94 bits per heavy atom. The lowest BCUT2D eigenvalue weighted by Gasteiger charge is -2.14. The third-order valence-electron chi connectivity index (χ3n) is 6.51. The van der Waals surface area contributed by atoms with Crippen LogP contribution in [0.3, 0.4) is 0 Å². The summed E-state index contributed by atoms with van der Waals surface area (Å²) in [7, 11) is 0. The van der Waals surface area contributed by atoms with Crippen LogP contribution in [0.4, 0.5) is 24.8 Å². The van der Waals surface area contributed by atoms with Crippen molar-refractivity contribution in [2.75, 3.05) is 17.6 Å². The molecule has 1 fully saturated rings. The topological polar surface area (TPSA) is 81.6 Å². The minimum absolute atomic E-state index is 0.235. The third kappa shape index (κ3) is 4.72. The second kappa shape index (κ2) is 8.53. The van der Waals surface area contributed by atoms with Crippen LogP contribution in [0.1, 0.15) is 37.3 Å². The molecule has 0 amide bonds. The first-order chi connectivity index (χ1) is 15.9. The van der Waals surface area contributed by atoms with E-state index in [4.69, 9.17) is 5.73 Å². The molecule has 33 heavy (non-hydrogen) atoms. The van der Waals surface area contributed by atoms with E-state index in [2.05, 4.69) is 37.1 Å². The highest BCUT2D eigenvalue weighted by atomic mass is 19.4. The smallest absolute Gasteiger partial charge is 0.383 e. The Hall–Kier alpha value is -3.36. The summed E-state index contributed by atoms with van der Waals surface area (Å²) in [5, 5.41) is 4.16. The minimum Gasteiger partial charge on any atom is -0.383 e. The fourth-order valence-electron chi connectivity index (χ4n) is 4.83. The molecule has 1 aromatic carbocycles. The molecular weight excluding hydrogens is 429 g/mol. The lowest BCUT2D eigenvalue weighted by Crippen LogP contribution is -2.21. The summed E-state index contributed by atoms with van der Waals surface area (Å²) in [6.07, 6.45) is 4.62. The van der Waals surface area contributed by atoms with E-state index >= 15 is 0 Å². The van der Waals surface area contributed by atoms with E-state index in [0.717, 1.165) is 54.1 Å². The number of halogens is 3. The summed E-state index contributed by atoms with van der Waals surface area (Å²) in [5.74, 6) is 1.35. The van der Waals surface area contributed by atoms with Gasteiger partial charge in [0.25, 0.3) is 0 Å². The van der Waals surface area contributed by atoms with Crippen LogP contribution in [0.25, 0.3) is 21.9 Å². The van der Waals surface area contributed by atoms with Gasteiger partial charge in [-0.25, -0.2) is 15.0 Å². The van der Waals surface area contributed by atoms with E-state index in [1.807, 2.05) is 18.2 Å². The van der Waals surface area contributed by atoms with Crippen LogP contribution >= 0.6 is 0 Å². The quantitative estimate of drug-likeness (QED) is 0.402. The maximum atomic E-state index is 12.5. The standard InChI is InChI=1S/C24H25F3N6/c25-24(26,27)13-29-21-8-6-17-5-3-16(12-20(17)32-21)2-1-15-4-7-18(11-15)33-10-9-19-22(28)30-14-31-23(19)33/h3,5-6,8-10,12,14-15,18H,1-2,4,7,11,13H2,(H,29,32)(H2,28,30,31)/t15-,18+/m1/s1. The Bertz CT molecular complexity index is 1280. The average Bonchev–Trinajstić information content (AvgIpc) is 3.43. The minimum atomic E-state index is -4.27. The average molecular weight is 455 g/mol. The van der Waals surface area contributed by atoms with Crippen LogP contribution in [0, 0.1) is 5.92 Å². The zero-order valence-electron chi connectivity index (χ0n) is 18.0. The molecular formula is C24H25F3N6. The first-order valence-electron chi connectivity index (χ1n) is 11.1. The van der Waals surface area contributed by atoms with E-state index in [0.29, 0.717) is 23.3 Å². The number of nitrogen functional groups attached to an aromatic ring is 1. The Labute approximate surface area is 189 Å². The number of nitrogens with two attached hydrogens (primary N) is 1. The fourth-order valence-corrected chi connectivity index (χ4v) is 4.83. The van der Waals surface area contributed by atoms with Gasteiger partial charge >= 0.3 is 6.18 Å². The van der Waals surface area contributed by atoms with Gasteiger partial charge in [0.05, 0.1) is 10.9 Å². The maximum Gasteiger partial charge on any atom is 0.405 e. The molecule has 0 spiro atoms. The monoisotopic (exact) mass is 454 g/mol. The van der Waals surface area contributed by atoms with Gasteiger partial charge in [0.1, 0.15) is 30.2 Å². The molecule has 0 saturated heterocycles. The SMILES string of the molecule is Nc1ncnc2c1ccn2[C@H]1CC[C@@H](CCc2ccc3ccc(NCC(F)(F)F)nc3c2)C1. The summed E-state index contributed by atoms with van der Waals surface area (Å²) in [5.41, 5.74) is 8.72. The van der Waals surface area contributed by atoms with Crippen LogP contribution in [-0.4, -0.2) is 32.2 Å². The van der Waals surface area contributed by atoms with Crippen LogP contribution in [0.5, 0.6) is 0 Å². The molecule has 1 aliphatic carbocycles. The molecule has 3 N–H and O–H groups in total. The molecule has 9 heteroatoms. The summed E-state index contributed by atoms with van der Waals surface area (Å²) in [4.78, 5) is 12.9. The van der Waals surface area contributed by atoms with Crippen molar-refractivity contribution in [2.45, 2.75) is 44.3 Å². The van der Waals surface area contributed by atoms with E-state index in [-0.39, 0.29) is 5.82 Å². The van der Waals surface area contributed by atoms with Crippen molar-refractivity contribution >= 4 is 33.6 Å². The number of fused-ring (bicyclic) bond motifs is 2. The van der Waals surface area contributed by atoms with Gasteiger partial charge in [0.2, 0.25) is 0 Å². The summed E-state index contributed by atoms with van der Waals surface area (Å²) in [6, 6.07) is 11.8. The number of hydrogen-bond donors (Lipinski definition) is 2. The number of pyridine rings is 1. The van der Waals surface area contributed by atoms with Crippen molar-refractivity contribution in [3.63, 3.8) is 0 Å². The number of nitrogens with zero attached hydrogens (tertiary/aromatic N) is 4. The molecule has 4 aromatic rings. The highest BCUT2D eigenvalue weighted by Gasteiger charge is 2.28. The number of aromatic nitrogens is 4. The van der Waals surface area contributed by atoms with Crippen LogP contribution in [0.15, 0.2) is 48.9 Å². The summed E-state index contributed by atoms with van der Waals surface area (Å²) < 4.78 is 39.7. The highest BCUT2D eigenvalue weighted by molar-refractivity contribution is 5.86. The van der Waals surface area contributed by atoms with Crippen LogP contribution in [-0.2, 0) is 6.42 Å². The number of nitrogens with one attached hydrogen (secondary N) is 1. The first kappa shape index (κ1) is 21.5. The van der Waals surface area contributed by atoms with Crippen molar-refractivity contribution in [2.24, 2.45) is 5.92 Å². The van der Waals surface area contributed by atoms with Crippen molar-refractivity contribution in [3.05, 3.63) is 54.5 Å². The van der Waals surface area contributed by atoms with Gasteiger partial charge in [0, 0.05) is 17.6 Å². The number of hydrogen-bond acceptors (Lipinski definition) is 5. The fraction of sp³-hybridized carbons (Fsp3) is 0.375. The van der Waals surface area contributed by atoms with Gasteiger partial charge in [0.15, 0.2) is 0 Å². The predicted molar refractivity (Wildman–Crippen MR) is 123 cm³/mol. The highest BCUT2D eigenvalue weighted by Crippen LogP contribution is 2.39. The number of rotatable bonds is 6. The number of aryl methyl sites for hydroxylation is 1. The number of alkyl halides is 3. The molecule has 1 saturated carbocycles. The van der Waals surface area contributed by atoms with Crippen molar-refractivity contribution in [3.8, 4) is 0 Å². The van der Waals surface area contributed by atoms with E-state index < -0.39 is 12.7 Å². The Morgan fingerprint density at radius 1 is 1.09 bits per heavy atom. The predicted octanol–water partition coefficient (Wildman–Crippen LogP) is 5.51. The number of benzene rings is 1.